The smallest absolute Gasteiger partial charge is 0.251 e. The third kappa shape index (κ3) is 6.22. The number of piperidine rings is 1. The van der Waals surface area contributed by atoms with Crippen LogP contribution in [-0.2, 0) is 4.79 Å². The molecule has 1 aliphatic carbocycles. The average molecular weight is 392 g/mol. The first-order valence-electron chi connectivity index (χ1n) is 10.2. The molecule has 0 aromatic heterocycles. The lowest BCUT2D eigenvalue weighted by Crippen LogP contribution is -2.42. The van der Waals surface area contributed by atoms with Crippen LogP contribution in [0.3, 0.4) is 0 Å². The summed E-state index contributed by atoms with van der Waals surface area (Å²) in [7, 11) is 0. The minimum Gasteiger partial charge on any atom is -0.355 e. The number of nitrogens with one attached hydrogen (secondary N) is 2. The Labute approximate surface area is 166 Å². The molecule has 2 amide bonds. The van der Waals surface area contributed by atoms with E-state index in [1.54, 1.807) is 24.3 Å². The maximum Gasteiger partial charge on any atom is 0.251 e. The molecule has 1 saturated carbocycles. The molecule has 0 unspecified atom stereocenters. The molecular formula is C21H30ClN3O2. The molecule has 27 heavy (non-hydrogen) atoms. The van der Waals surface area contributed by atoms with Gasteiger partial charge >= 0.3 is 0 Å². The number of halogens is 1. The first kappa shape index (κ1) is 20.2. The standard InChI is InChI=1S/C21H30ClN3O2/c22-19-7-3-6-18(14-19)21(27)24-15-16-8-11-25(12-9-16)13-10-23-20(26)17-4-1-2-5-17/h3,6-7,14,16-17H,1-2,4-5,8-13,15H2,(H,23,26)(H,24,27). The van der Waals surface area contributed by atoms with Gasteiger partial charge in [-0.05, 0) is 62.9 Å². The molecule has 5 nitrogen and oxygen atoms in total. The number of carbonyl (C=O) groups is 2. The van der Waals surface area contributed by atoms with E-state index in [2.05, 4.69) is 15.5 Å². The highest BCUT2D eigenvalue weighted by molar-refractivity contribution is 6.30. The van der Waals surface area contributed by atoms with Crippen molar-refractivity contribution in [1.82, 2.24) is 15.5 Å². The van der Waals surface area contributed by atoms with E-state index in [4.69, 9.17) is 11.6 Å². The Kier molecular flexibility index (Phi) is 7.53. The van der Waals surface area contributed by atoms with Crippen molar-refractivity contribution in [2.45, 2.75) is 38.5 Å². The number of amides is 2. The molecule has 2 aliphatic rings. The lowest BCUT2D eigenvalue weighted by atomic mass is 9.96. The summed E-state index contributed by atoms with van der Waals surface area (Å²) in [5.41, 5.74) is 0.609. The van der Waals surface area contributed by atoms with Gasteiger partial charge in [0.1, 0.15) is 0 Å². The van der Waals surface area contributed by atoms with Crippen molar-refractivity contribution in [3.05, 3.63) is 34.9 Å². The third-order valence-corrected chi connectivity index (χ3v) is 6.03. The van der Waals surface area contributed by atoms with Crippen LogP contribution in [0.2, 0.25) is 5.02 Å². The van der Waals surface area contributed by atoms with Crippen LogP contribution in [0.1, 0.15) is 48.9 Å². The fourth-order valence-electron chi connectivity index (χ4n) is 4.05. The van der Waals surface area contributed by atoms with E-state index in [1.807, 2.05) is 0 Å². The van der Waals surface area contributed by atoms with Gasteiger partial charge in [-0.25, -0.2) is 0 Å². The molecule has 1 heterocycles. The summed E-state index contributed by atoms with van der Waals surface area (Å²) in [5, 5.41) is 6.70. The van der Waals surface area contributed by atoms with Crippen LogP contribution < -0.4 is 10.6 Å². The molecule has 1 saturated heterocycles. The summed E-state index contributed by atoms with van der Waals surface area (Å²) in [6, 6.07) is 7.04. The topological polar surface area (TPSA) is 61.4 Å². The first-order valence-corrected chi connectivity index (χ1v) is 10.5. The van der Waals surface area contributed by atoms with Crippen molar-refractivity contribution in [3.8, 4) is 0 Å². The minimum absolute atomic E-state index is 0.0606. The molecule has 3 rings (SSSR count). The number of rotatable bonds is 7. The zero-order valence-corrected chi connectivity index (χ0v) is 16.6. The van der Waals surface area contributed by atoms with Crippen molar-refractivity contribution in [2.24, 2.45) is 11.8 Å². The maximum atomic E-state index is 12.2. The SMILES string of the molecule is O=C(NCC1CCN(CCNC(=O)C2CCCC2)CC1)c1cccc(Cl)c1. The van der Waals surface area contributed by atoms with Gasteiger partial charge in [0, 0.05) is 36.1 Å². The van der Waals surface area contributed by atoms with Gasteiger partial charge in [0.2, 0.25) is 5.91 Å². The van der Waals surface area contributed by atoms with Crippen LogP contribution in [0.5, 0.6) is 0 Å². The van der Waals surface area contributed by atoms with Crippen molar-refractivity contribution >= 4 is 23.4 Å². The van der Waals surface area contributed by atoms with E-state index in [0.29, 0.717) is 23.0 Å². The Morgan fingerprint density at radius 1 is 1.07 bits per heavy atom. The Bertz CT molecular complexity index is 638. The van der Waals surface area contributed by atoms with E-state index >= 15 is 0 Å². The highest BCUT2D eigenvalue weighted by atomic mass is 35.5. The number of hydrogen-bond donors (Lipinski definition) is 2. The second kappa shape index (κ2) is 10.1. The first-order chi connectivity index (χ1) is 13.1. The molecule has 1 aliphatic heterocycles. The second-order valence-corrected chi connectivity index (χ2v) is 8.21. The predicted molar refractivity (Wildman–Crippen MR) is 108 cm³/mol. The van der Waals surface area contributed by atoms with E-state index < -0.39 is 0 Å². The summed E-state index contributed by atoms with van der Waals surface area (Å²) < 4.78 is 0. The summed E-state index contributed by atoms with van der Waals surface area (Å²) in [5.74, 6) is 0.942. The molecule has 2 N–H and O–H groups in total. The van der Waals surface area contributed by atoms with Crippen LogP contribution >= 0.6 is 11.6 Å². The molecule has 2 fully saturated rings. The van der Waals surface area contributed by atoms with E-state index in [0.717, 1.165) is 51.9 Å². The summed E-state index contributed by atoms with van der Waals surface area (Å²) in [6.45, 7) is 4.41. The van der Waals surface area contributed by atoms with Crippen molar-refractivity contribution < 1.29 is 9.59 Å². The minimum atomic E-state index is -0.0606. The van der Waals surface area contributed by atoms with Gasteiger partial charge in [0.15, 0.2) is 0 Å². The number of likely N-dealkylation sites (tertiary alicyclic amines) is 1. The molecular weight excluding hydrogens is 362 g/mol. The van der Waals surface area contributed by atoms with Crippen molar-refractivity contribution in [3.63, 3.8) is 0 Å². The van der Waals surface area contributed by atoms with Crippen LogP contribution in [0, 0.1) is 11.8 Å². The average Bonchev–Trinajstić information content (AvgIpc) is 3.22. The van der Waals surface area contributed by atoms with Gasteiger partial charge < -0.3 is 15.5 Å². The zero-order valence-electron chi connectivity index (χ0n) is 15.9. The quantitative estimate of drug-likeness (QED) is 0.750. The maximum absolute atomic E-state index is 12.2. The highest BCUT2D eigenvalue weighted by Gasteiger charge is 2.23. The van der Waals surface area contributed by atoms with Crippen LogP contribution in [-0.4, -0.2) is 49.4 Å². The largest absolute Gasteiger partial charge is 0.355 e. The Hall–Kier alpha value is -1.59. The molecule has 0 spiro atoms. The van der Waals surface area contributed by atoms with Gasteiger partial charge in [-0.3, -0.25) is 9.59 Å². The number of benzene rings is 1. The lowest BCUT2D eigenvalue weighted by molar-refractivity contribution is -0.124. The van der Waals surface area contributed by atoms with Gasteiger partial charge in [-0.15, -0.1) is 0 Å². The van der Waals surface area contributed by atoms with Crippen LogP contribution in [0.25, 0.3) is 0 Å². The van der Waals surface area contributed by atoms with Gasteiger partial charge in [0.05, 0.1) is 0 Å². The van der Waals surface area contributed by atoms with Crippen molar-refractivity contribution in [1.29, 1.82) is 0 Å². The third-order valence-electron chi connectivity index (χ3n) is 5.80. The molecule has 0 radical (unpaired) electrons. The zero-order chi connectivity index (χ0) is 19.1. The molecule has 1 aromatic carbocycles. The van der Waals surface area contributed by atoms with E-state index in [-0.39, 0.29) is 17.7 Å². The summed E-state index contributed by atoms with van der Waals surface area (Å²) in [6.07, 6.45) is 6.65. The molecule has 148 valence electrons. The number of hydrogen-bond acceptors (Lipinski definition) is 3. The van der Waals surface area contributed by atoms with E-state index in [9.17, 15) is 9.59 Å². The predicted octanol–water partition coefficient (Wildman–Crippen LogP) is 3.09. The van der Waals surface area contributed by atoms with Crippen LogP contribution in [0.15, 0.2) is 24.3 Å². The van der Waals surface area contributed by atoms with E-state index in [1.165, 1.54) is 12.8 Å². The number of nitrogens with zero attached hydrogens (tertiary/aromatic N) is 1. The Morgan fingerprint density at radius 2 is 1.81 bits per heavy atom. The van der Waals surface area contributed by atoms with Gasteiger partial charge in [-0.2, -0.15) is 0 Å². The monoisotopic (exact) mass is 391 g/mol. The Balaban J connectivity index is 1.29. The number of carbonyl (C=O) groups excluding carboxylic acids is 2. The summed E-state index contributed by atoms with van der Waals surface area (Å²) >= 11 is 5.94. The fraction of sp³-hybridized carbons (Fsp3) is 0.619. The molecule has 1 aromatic rings. The molecule has 6 heteroatoms. The van der Waals surface area contributed by atoms with Crippen LogP contribution in [0.4, 0.5) is 0 Å². The fourth-order valence-corrected chi connectivity index (χ4v) is 4.24. The molecule has 0 bridgehead atoms. The summed E-state index contributed by atoms with van der Waals surface area (Å²) in [4.78, 5) is 26.7. The normalized spacial score (nSPS) is 19.1. The Morgan fingerprint density at radius 3 is 2.52 bits per heavy atom. The van der Waals surface area contributed by atoms with Gasteiger partial charge in [0.25, 0.3) is 5.91 Å². The highest BCUT2D eigenvalue weighted by Crippen LogP contribution is 2.24. The van der Waals surface area contributed by atoms with Crippen molar-refractivity contribution in [2.75, 3.05) is 32.7 Å². The second-order valence-electron chi connectivity index (χ2n) is 7.78. The lowest BCUT2D eigenvalue weighted by Gasteiger charge is -2.32. The van der Waals surface area contributed by atoms with Gasteiger partial charge in [-0.1, -0.05) is 30.5 Å². The molecule has 0 atom stereocenters.